The molecule has 1 aliphatic rings. The summed E-state index contributed by atoms with van der Waals surface area (Å²) in [4.78, 5) is 40.5. The van der Waals surface area contributed by atoms with Crippen molar-refractivity contribution >= 4 is 29.1 Å². The molecule has 2 aromatic carbocycles. The van der Waals surface area contributed by atoms with Crippen LogP contribution in [0.5, 0.6) is 0 Å². The molecule has 0 saturated carbocycles. The molecule has 9 nitrogen and oxygen atoms in total. The van der Waals surface area contributed by atoms with E-state index in [0.29, 0.717) is 35.1 Å². The van der Waals surface area contributed by atoms with Crippen molar-refractivity contribution in [3.05, 3.63) is 89.8 Å². The third kappa shape index (κ3) is 4.63. The highest BCUT2D eigenvalue weighted by Gasteiger charge is 2.49. The van der Waals surface area contributed by atoms with Gasteiger partial charge < -0.3 is 15.1 Å². The number of furan rings is 1. The molecule has 0 aliphatic carbocycles. The minimum absolute atomic E-state index is 0.141. The van der Waals surface area contributed by atoms with E-state index in [1.807, 2.05) is 31.2 Å². The van der Waals surface area contributed by atoms with Gasteiger partial charge >= 0.3 is 0 Å². The van der Waals surface area contributed by atoms with Crippen LogP contribution in [0, 0.1) is 6.92 Å². The molecule has 5 rings (SSSR count). The molecule has 3 heterocycles. The fraction of sp³-hybridized carbons (Fsp3) is 0.214. The lowest BCUT2D eigenvalue weighted by Crippen LogP contribution is -2.64. The summed E-state index contributed by atoms with van der Waals surface area (Å²) in [5.41, 5.74) is 2.79. The van der Waals surface area contributed by atoms with Crippen molar-refractivity contribution < 1.29 is 18.8 Å². The number of aryl methyl sites for hydroxylation is 1. The molecule has 0 spiro atoms. The molecule has 3 amide bonds. The molecule has 0 fully saturated rings. The van der Waals surface area contributed by atoms with Gasteiger partial charge in [0, 0.05) is 30.9 Å². The number of hydrogen-bond acceptors (Lipinski definition) is 5. The Hall–Kier alpha value is -4.66. The zero-order valence-electron chi connectivity index (χ0n) is 20.8. The third-order valence-corrected chi connectivity index (χ3v) is 6.44. The van der Waals surface area contributed by atoms with E-state index in [-0.39, 0.29) is 24.3 Å². The van der Waals surface area contributed by atoms with Crippen LogP contribution < -0.4 is 15.5 Å². The number of nitrogens with zero attached hydrogens (tertiary/aromatic N) is 3. The van der Waals surface area contributed by atoms with Crippen LogP contribution in [0.2, 0.25) is 0 Å². The predicted octanol–water partition coefficient (Wildman–Crippen LogP) is 4.15. The van der Waals surface area contributed by atoms with Gasteiger partial charge in [-0.1, -0.05) is 29.8 Å². The number of amides is 3. The lowest BCUT2D eigenvalue weighted by Gasteiger charge is -2.43. The van der Waals surface area contributed by atoms with E-state index in [2.05, 4.69) is 15.7 Å². The SMILES string of the molecule is CC(=O)Nc1ccc(N2C(=O)c3cc(-c4ccco4)nn3C[C@]2(C)C(=O)NCc2ccc(C)cc2)cc1. The quantitative estimate of drug-likeness (QED) is 0.416. The van der Waals surface area contributed by atoms with E-state index >= 15 is 0 Å². The van der Waals surface area contributed by atoms with Gasteiger partial charge in [-0.25, -0.2) is 0 Å². The Morgan fingerprint density at radius 1 is 1.08 bits per heavy atom. The lowest BCUT2D eigenvalue weighted by atomic mass is 9.93. The zero-order valence-corrected chi connectivity index (χ0v) is 20.8. The van der Waals surface area contributed by atoms with Crippen LogP contribution in [0.1, 0.15) is 35.5 Å². The van der Waals surface area contributed by atoms with Gasteiger partial charge in [0.25, 0.3) is 5.91 Å². The lowest BCUT2D eigenvalue weighted by molar-refractivity contribution is -0.126. The first-order valence-corrected chi connectivity index (χ1v) is 11.9. The van der Waals surface area contributed by atoms with E-state index in [0.717, 1.165) is 11.1 Å². The molecular formula is C28H27N5O4. The number of carbonyl (C=O) groups excluding carboxylic acids is 3. The fourth-order valence-corrected chi connectivity index (χ4v) is 4.51. The Morgan fingerprint density at radius 2 is 1.81 bits per heavy atom. The van der Waals surface area contributed by atoms with Gasteiger partial charge in [0.2, 0.25) is 11.8 Å². The van der Waals surface area contributed by atoms with E-state index in [1.54, 1.807) is 60.3 Å². The molecular weight excluding hydrogens is 470 g/mol. The summed E-state index contributed by atoms with van der Waals surface area (Å²) in [5.74, 6) is -0.340. The Balaban J connectivity index is 1.51. The summed E-state index contributed by atoms with van der Waals surface area (Å²) in [6.45, 7) is 5.62. The van der Waals surface area contributed by atoms with Crippen molar-refractivity contribution in [3.8, 4) is 11.5 Å². The van der Waals surface area contributed by atoms with Crippen molar-refractivity contribution in [2.45, 2.75) is 39.4 Å². The first-order valence-electron chi connectivity index (χ1n) is 11.9. The molecule has 188 valence electrons. The minimum atomic E-state index is -1.28. The summed E-state index contributed by atoms with van der Waals surface area (Å²) >= 11 is 0. The van der Waals surface area contributed by atoms with E-state index in [9.17, 15) is 14.4 Å². The second kappa shape index (κ2) is 9.42. The molecule has 2 N–H and O–H groups in total. The van der Waals surface area contributed by atoms with Gasteiger partial charge in [0.15, 0.2) is 5.76 Å². The normalized spacial score (nSPS) is 16.8. The van der Waals surface area contributed by atoms with Gasteiger partial charge in [0.05, 0.1) is 12.8 Å². The molecule has 2 aromatic heterocycles. The molecule has 37 heavy (non-hydrogen) atoms. The maximum Gasteiger partial charge on any atom is 0.277 e. The summed E-state index contributed by atoms with van der Waals surface area (Å²) in [7, 11) is 0. The highest BCUT2D eigenvalue weighted by Crippen LogP contribution is 2.35. The Labute approximate surface area is 214 Å². The maximum absolute atomic E-state index is 13.9. The molecule has 0 unspecified atom stereocenters. The van der Waals surface area contributed by atoms with E-state index in [4.69, 9.17) is 4.42 Å². The van der Waals surface area contributed by atoms with Crippen molar-refractivity contribution in [2.75, 3.05) is 10.2 Å². The van der Waals surface area contributed by atoms with Gasteiger partial charge in [-0.05, 0) is 55.8 Å². The van der Waals surface area contributed by atoms with Crippen molar-refractivity contribution in [1.29, 1.82) is 0 Å². The Kier molecular flexibility index (Phi) is 6.12. The van der Waals surface area contributed by atoms with Crippen LogP contribution in [0.4, 0.5) is 11.4 Å². The number of aromatic nitrogens is 2. The van der Waals surface area contributed by atoms with E-state index in [1.165, 1.54) is 11.8 Å². The van der Waals surface area contributed by atoms with Crippen LogP contribution in [0.3, 0.4) is 0 Å². The van der Waals surface area contributed by atoms with Crippen LogP contribution in [-0.4, -0.2) is 33.0 Å². The monoisotopic (exact) mass is 497 g/mol. The topological polar surface area (TPSA) is 109 Å². The van der Waals surface area contributed by atoms with Crippen LogP contribution in [-0.2, 0) is 22.7 Å². The predicted molar refractivity (Wildman–Crippen MR) is 139 cm³/mol. The first-order chi connectivity index (χ1) is 17.7. The third-order valence-electron chi connectivity index (χ3n) is 6.44. The largest absolute Gasteiger partial charge is 0.463 e. The van der Waals surface area contributed by atoms with Gasteiger partial charge in [-0.3, -0.25) is 24.0 Å². The molecule has 9 heteroatoms. The molecule has 1 atom stereocenters. The molecule has 0 radical (unpaired) electrons. The van der Waals surface area contributed by atoms with Crippen molar-refractivity contribution in [1.82, 2.24) is 15.1 Å². The Morgan fingerprint density at radius 3 is 2.46 bits per heavy atom. The molecule has 4 aromatic rings. The number of benzene rings is 2. The molecule has 0 saturated heterocycles. The minimum Gasteiger partial charge on any atom is -0.463 e. The average molecular weight is 498 g/mol. The number of fused-ring (bicyclic) bond motifs is 1. The van der Waals surface area contributed by atoms with Crippen molar-refractivity contribution in [3.63, 3.8) is 0 Å². The second-order valence-electron chi connectivity index (χ2n) is 9.36. The highest BCUT2D eigenvalue weighted by molar-refractivity contribution is 6.12. The number of rotatable bonds is 6. The summed E-state index contributed by atoms with van der Waals surface area (Å²) in [6.07, 6.45) is 1.54. The molecule has 0 bridgehead atoms. The fourth-order valence-electron chi connectivity index (χ4n) is 4.51. The second-order valence-corrected chi connectivity index (χ2v) is 9.36. The van der Waals surface area contributed by atoms with Gasteiger partial charge in [0.1, 0.15) is 16.9 Å². The molecule has 1 aliphatic heterocycles. The standard InChI is InChI=1S/C28H27N5O4/c1-18-6-8-20(9-7-18)16-29-27(36)28(3)17-32-24(15-23(31-32)25-5-4-14-37-25)26(35)33(28)22-12-10-21(11-13-22)30-19(2)34/h4-15H,16-17H2,1-3H3,(H,29,36)(H,30,34)/t28-/m1/s1. The smallest absolute Gasteiger partial charge is 0.277 e. The number of hydrogen-bond donors (Lipinski definition) is 2. The summed E-state index contributed by atoms with van der Waals surface area (Å²) in [5, 5.41) is 10.3. The van der Waals surface area contributed by atoms with Gasteiger partial charge in [-0.15, -0.1) is 0 Å². The van der Waals surface area contributed by atoms with Gasteiger partial charge in [-0.2, -0.15) is 5.10 Å². The zero-order chi connectivity index (χ0) is 26.2. The Bertz CT molecular complexity index is 1460. The number of nitrogens with one attached hydrogen (secondary N) is 2. The van der Waals surface area contributed by atoms with Crippen LogP contribution >= 0.6 is 0 Å². The average Bonchev–Trinajstić information content (AvgIpc) is 3.54. The van der Waals surface area contributed by atoms with Crippen molar-refractivity contribution in [2.24, 2.45) is 0 Å². The summed E-state index contributed by atoms with van der Waals surface area (Å²) in [6, 6.07) is 19.9. The van der Waals surface area contributed by atoms with E-state index < -0.39 is 5.54 Å². The van der Waals surface area contributed by atoms with Crippen LogP contribution in [0.15, 0.2) is 77.4 Å². The summed E-state index contributed by atoms with van der Waals surface area (Å²) < 4.78 is 7.03. The van der Waals surface area contributed by atoms with Crippen LogP contribution in [0.25, 0.3) is 11.5 Å². The highest BCUT2D eigenvalue weighted by atomic mass is 16.3. The first kappa shape index (κ1) is 24.1. The number of anilines is 2. The maximum atomic E-state index is 13.9. The number of carbonyl (C=O) groups is 3.